The zero-order valence-corrected chi connectivity index (χ0v) is 13.1. The summed E-state index contributed by atoms with van der Waals surface area (Å²) in [5.74, 6) is 1.40. The lowest BCUT2D eigenvalue weighted by Gasteiger charge is -2.17. The maximum atomic E-state index is 9.61. The van der Waals surface area contributed by atoms with E-state index in [0.717, 1.165) is 19.3 Å². The second-order valence-corrected chi connectivity index (χ2v) is 4.75. The monoisotopic (exact) mass is 296 g/mol. The Balaban J connectivity index is 3.14. The Morgan fingerprint density at radius 1 is 0.810 bits per heavy atom. The van der Waals surface area contributed by atoms with Crippen LogP contribution >= 0.6 is 0 Å². The molecular weight excluding hydrogens is 271 g/mol. The van der Waals surface area contributed by atoms with Gasteiger partial charge in [0.15, 0.2) is 0 Å². The quantitative estimate of drug-likeness (QED) is 0.644. The molecule has 0 heterocycles. The average Bonchev–Trinajstić information content (AvgIpc) is 2.47. The van der Waals surface area contributed by atoms with Gasteiger partial charge in [0.1, 0.15) is 17.2 Å². The predicted molar refractivity (Wildman–Crippen MR) is 83.6 cm³/mol. The fourth-order valence-electron chi connectivity index (χ4n) is 1.80. The lowest BCUT2D eigenvalue weighted by molar-refractivity contribution is 0.288. The zero-order valence-electron chi connectivity index (χ0n) is 13.1. The first kappa shape index (κ1) is 17.7. The van der Waals surface area contributed by atoms with E-state index in [0.29, 0.717) is 37.1 Å². The van der Waals surface area contributed by atoms with Crippen molar-refractivity contribution in [1.29, 1.82) is 0 Å². The first-order valence-corrected chi connectivity index (χ1v) is 7.56. The standard InChI is InChI=1S/C15H25BO5/c1-4-7-19-12-10-13(20-8-5-2)15(16(17)18)14(11-12)21-9-6-3/h10-11,17-18H,4-9H2,1-3H3. The van der Waals surface area contributed by atoms with Crippen molar-refractivity contribution in [2.75, 3.05) is 19.8 Å². The Hall–Kier alpha value is -1.40. The molecule has 0 unspecified atom stereocenters. The summed E-state index contributed by atoms with van der Waals surface area (Å²) >= 11 is 0. The summed E-state index contributed by atoms with van der Waals surface area (Å²) in [6.45, 7) is 7.56. The number of rotatable bonds is 10. The van der Waals surface area contributed by atoms with Gasteiger partial charge < -0.3 is 24.3 Å². The molecule has 5 nitrogen and oxygen atoms in total. The van der Waals surface area contributed by atoms with Crippen molar-refractivity contribution >= 4 is 12.6 Å². The molecular formula is C15H25BO5. The maximum Gasteiger partial charge on any atom is 0.496 e. The van der Waals surface area contributed by atoms with Gasteiger partial charge in [-0.05, 0) is 19.3 Å². The Bertz CT molecular complexity index is 394. The van der Waals surface area contributed by atoms with Crippen molar-refractivity contribution in [2.45, 2.75) is 40.0 Å². The fraction of sp³-hybridized carbons (Fsp3) is 0.600. The normalized spacial score (nSPS) is 10.3. The van der Waals surface area contributed by atoms with Gasteiger partial charge in [0.05, 0.1) is 25.3 Å². The van der Waals surface area contributed by atoms with Gasteiger partial charge in [-0.15, -0.1) is 0 Å². The zero-order chi connectivity index (χ0) is 15.7. The van der Waals surface area contributed by atoms with Gasteiger partial charge >= 0.3 is 7.12 Å². The van der Waals surface area contributed by atoms with Crippen molar-refractivity contribution in [2.24, 2.45) is 0 Å². The Labute approximate surface area is 127 Å². The highest BCUT2D eigenvalue weighted by Crippen LogP contribution is 2.26. The van der Waals surface area contributed by atoms with Gasteiger partial charge in [0.2, 0.25) is 0 Å². The third-order valence-corrected chi connectivity index (χ3v) is 2.73. The fourth-order valence-corrected chi connectivity index (χ4v) is 1.80. The van der Waals surface area contributed by atoms with Gasteiger partial charge in [-0.2, -0.15) is 0 Å². The first-order valence-electron chi connectivity index (χ1n) is 7.56. The molecule has 6 heteroatoms. The van der Waals surface area contributed by atoms with Crippen LogP contribution in [0.5, 0.6) is 17.2 Å². The second-order valence-electron chi connectivity index (χ2n) is 4.75. The average molecular weight is 296 g/mol. The van der Waals surface area contributed by atoms with E-state index in [-0.39, 0.29) is 5.46 Å². The van der Waals surface area contributed by atoms with Crippen molar-refractivity contribution in [3.63, 3.8) is 0 Å². The van der Waals surface area contributed by atoms with Gasteiger partial charge in [-0.25, -0.2) is 0 Å². The molecule has 0 aliphatic carbocycles. The molecule has 1 aromatic rings. The largest absolute Gasteiger partial charge is 0.496 e. The highest BCUT2D eigenvalue weighted by atomic mass is 16.5. The van der Waals surface area contributed by atoms with Crippen molar-refractivity contribution in [3.8, 4) is 17.2 Å². The van der Waals surface area contributed by atoms with E-state index in [9.17, 15) is 10.0 Å². The molecule has 1 aromatic carbocycles. The highest BCUT2D eigenvalue weighted by Gasteiger charge is 2.24. The molecule has 1 rings (SSSR count). The summed E-state index contributed by atoms with van der Waals surface area (Å²) in [5, 5.41) is 19.2. The molecule has 0 aliphatic heterocycles. The van der Waals surface area contributed by atoms with Gasteiger partial charge in [-0.3, -0.25) is 0 Å². The van der Waals surface area contributed by atoms with E-state index in [2.05, 4.69) is 0 Å². The van der Waals surface area contributed by atoms with Gasteiger partial charge in [-0.1, -0.05) is 20.8 Å². The van der Waals surface area contributed by atoms with E-state index in [1.807, 2.05) is 20.8 Å². The highest BCUT2D eigenvalue weighted by molar-refractivity contribution is 6.61. The smallest absolute Gasteiger partial charge is 0.494 e. The molecule has 0 amide bonds. The van der Waals surface area contributed by atoms with E-state index < -0.39 is 7.12 Å². The van der Waals surface area contributed by atoms with Crippen LogP contribution in [-0.2, 0) is 0 Å². The first-order chi connectivity index (χ1) is 10.1. The van der Waals surface area contributed by atoms with Crippen LogP contribution in [0, 0.1) is 0 Å². The summed E-state index contributed by atoms with van der Waals surface area (Å²) in [5.41, 5.74) is 0.251. The molecule has 0 spiro atoms. The van der Waals surface area contributed by atoms with Crippen molar-refractivity contribution in [3.05, 3.63) is 12.1 Å². The molecule has 0 bridgehead atoms. The van der Waals surface area contributed by atoms with Crippen LogP contribution in [-0.4, -0.2) is 37.0 Å². The van der Waals surface area contributed by atoms with Crippen LogP contribution in [0.15, 0.2) is 12.1 Å². The predicted octanol–water partition coefficient (Wildman–Crippen LogP) is 1.73. The second kappa shape index (κ2) is 9.52. The molecule has 0 saturated carbocycles. The van der Waals surface area contributed by atoms with E-state index >= 15 is 0 Å². The summed E-state index contributed by atoms with van der Waals surface area (Å²) in [6.07, 6.45) is 2.54. The lowest BCUT2D eigenvalue weighted by Crippen LogP contribution is -2.33. The number of ether oxygens (including phenoxy) is 3. The summed E-state index contributed by atoms with van der Waals surface area (Å²) in [7, 11) is -1.65. The minimum absolute atomic E-state index is 0.251. The summed E-state index contributed by atoms with van der Waals surface area (Å²) in [6, 6.07) is 3.36. The van der Waals surface area contributed by atoms with E-state index in [4.69, 9.17) is 14.2 Å². The molecule has 0 fully saturated rings. The van der Waals surface area contributed by atoms with Crippen molar-refractivity contribution < 1.29 is 24.3 Å². The third-order valence-electron chi connectivity index (χ3n) is 2.73. The molecule has 0 aliphatic rings. The molecule has 2 N–H and O–H groups in total. The lowest BCUT2D eigenvalue weighted by atomic mass is 9.78. The molecule has 0 saturated heterocycles. The third kappa shape index (κ3) is 5.48. The van der Waals surface area contributed by atoms with Crippen LogP contribution < -0.4 is 19.7 Å². The number of benzene rings is 1. The topological polar surface area (TPSA) is 68.2 Å². The SMILES string of the molecule is CCCOc1cc(OCCC)c(B(O)O)c(OCCC)c1. The number of hydrogen-bond acceptors (Lipinski definition) is 5. The van der Waals surface area contributed by atoms with Crippen LogP contribution in [0.25, 0.3) is 0 Å². The van der Waals surface area contributed by atoms with E-state index in [1.54, 1.807) is 12.1 Å². The van der Waals surface area contributed by atoms with Crippen LogP contribution in [0.2, 0.25) is 0 Å². The molecule has 0 radical (unpaired) electrons. The van der Waals surface area contributed by atoms with Gasteiger partial charge in [0, 0.05) is 12.1 Å². The minimum atomic E-state index is -1.65. The molecule has 0 aromatic heterocycles. The molecule has 21 heavy (non-hydrogen) atoms. The van der Waals surface area contributed by atoms with Gasteiger partial charge in [0.25, 0.3) is 0 Å². The maximum absolute atomic E-state index is 9.61. The molecule has 0 atom stereocenters. The Morgan fingerprint density at radius 3 is 1.62 bits per heavy atom. The minimum Gasteiger partial charge on any atom is -0.494 e. The Kier molecular flexibility index (Phi) is 8.01. The van der Waals surface area contributed by atoms with Crippen molar-refractivity contribution in [1.82, 2.24) is 0 Å². The van der Waals surface area contributed by atoms with Crippen LogP contribution in [0.3, 0.4) is 0 Å². The Morgan fingerprint density at radius 2 is 1.24 bits per heavy atom. The molecule has 118 valence electrons. The summed E-state index contributed by atoms with van der Waals surface area (Å²) in [4.78, 5) is 0. The van der Waals surface area contributed by atoms with Crippen LogP contribution in [0.4, 0.5) is 0 Å². The van der Waals surface area contributed by atoms with E-state index in [1.165, 1.54) is 0 Å². The van der Waals surface area contributed by atoms with Crippen LogP contribution in [0.1, 0.15) is 40.0 Å². The number of hydrogen-bond donors (Lipinski definition) is 2. The summed E-state index contributed by atoms with van der Waals surface area (Å²) < 4.78 is 16.8.